The summed E-state index contributed by atoms with van der Waals surface area (Å²) in [5.41, 5.74) is 3.79. The molecule has 118 valence electrons. The molecule has 1 aromatic rings. The van der Waals surface area contributed by atoms with Crippen LogP contribution in [0.15, 0.2) is 12.3 Å². The molecule has 21 heavy (non-hydrogen) atoms. The normalized spacial score (nSPS) is 17.0. The highest BCUT2D eigenvalue weighted by Crippen LogP contribution is 2.25. The number of aryl methyl sites for hydroxylation is 1. The van der Waals surface area contributed by atoms with E-state index in [1.807, 2.05) is 6.20 Å². The van der Waals surface area contributed by atoms with Crippen LogP contribution in [0, 0.1) is 6.92 Å². The van der Waals surface area contributed by atoms with E-state index >= 15 is 0 Å². The van der Waals surface area contributed by atoms with Gasteiger partial charge in [0, 0.05) is 54.9 Å². The second-order valence-electron chi connectivity index (χ2n) is 6.67. The van der Waals surface area contributed by atoms with Crippen LogP contribution in [-0.4, -0.2) is 49.2 Å². The quantitative estimate of drug-likeness (QED) is 0.902. The number of nitrogens with zero attached hydrogens (tertiary/aromatic N) is 3. The Kier molecular flexibility index (Phi) is 5.59. The monoisotopic (exact) mass is 290 g/mol. The molecule has 0 bridgehead atoms. The van der Waals surface area contributed by atoms with Gasteiger partial charge in [-0.25, -0.2) is 0 Å². The minimum atomic E-state index is 0.499. The van der Waals surface area contributed by atoms with Gasteiger partial charge in [0.2, 0.25) is 0 Å². The molecule has 0 aromatic carbocycles. The Balaban J connectivity index is 2.09. The average molecular weight is 290 g/mol. The van der Waals surface area contributed by atoms with E-state index in [9.17, 15) is 0 Å². The predicted molar refractivity (Wildman–Crippen MR) is 89.9 cm³/mol. The lowest BCUT2D eigenvalue weighted by Gasteiger charge is -2.37. The van der Waals surface area contributed by atoms with Crippen molar-refractivity contribution in [2.45, 2.75) is 52.2 Å². The minimum absolute atomic E-state index is 0.499. The Morgan fingerprint density at radius 1 is 1.33 bits per heavy atom. The number of anilines is 1. The van der Waals surface area contributed by atoms with E-state index in [1.165, 1.54) is 24.1 Å². The number of nitrogens with one attached hydrogen (secondary N) is 1. The van der Waals surface area contributed by atoms with Gasteiger partial charge in [-0.2, -0.15) is 0 Å². The van der Waals surface area contributed by atoms with Crippen molar-refractivity contribution in [1.82, 2.24) is 15.2 Å². The zero-order chi connectivity index (χ0) is 15.4. The lowest BCUT2D eigenvalue weighted by atomic mass is 10.0. The number of hydrogen-bond acceptors (Lipinski definition) is 4. The van der Waals surface area contributed by atoms with Crippen molar-refractivity contribution in [3.63, 3.8) is 0 Å². The molecular weight excluding hydrogens is 260 g/mol. The van der Waals surface area contributed by atoms with Crippen LogP contribution in [0.4, 0.5) is 5.69 Å². The largest absolute Gasteiger partial charge is 0.371 e. The molecule has 2 rings (SSSR count). The zero-order valence-corrected chi connectivity index (χ0v) is 14.2. The molecule has 0 atom stereocenters. The maximum absolute atomic E-state index is 4.48. The van der Waals surface area contributed by atoms with Crippen molar-refractivity contribution < 1.29 is 0 Å². The van der Waals surface area contributed by atoms with Crippen molar-refractivity contribution >= 4 is 5.69 Å². The van der Waals surface area contributed by atoms with E-state index in [1.54, 1.807) is 0 Å². The standard InChI is InChI=1S/C17H30N4/c1-13(2)18-11-15-12-19-14(3)10-17(15)21-8-6-16(7-9-21)20(4)5/h10,12-13,16,18H,6-9,11H2,1-5H3. The third kappa shape index (κ3) is 4.42. The van der Waals surface area contributed by atoms with Crippen LogP contribution in [0.25, 0.3) is 0 Å². The molecule has 1 aliphatic heterocycles. The van der Waals surface area contributed by atoms with Crippen molar-refractivity contribution in [3.8, 4) is 0 Å². The van der Waals surface area contributed by atoms with Gasteiger partial charge >= 0.3 is 0 Å². The minimum Gasteiger partial charge on any atom is -0.371 e. The van der Waals surface area contributed by atoms with Gasteiger partial charge in [-0.05, 0) is 39.9 Å². The number of piperidine rings is 1. The second-order valence-corrected chi connectivity index (χ2v) is 6.67. The Bertz CT molecular complexity index is 448. The maximum atomic E-state index is 4.48. The van der Waals surface area contributed by atoms with E-state index in [2.05, 4.69) is 61.0 Å². The molecule has 0 spiro atoms. The number of hydrogen-bond donors (Lipinski definition) is 1. The summed E-state index contributed by atoms with van der Waals surface area (Å²) in [7, 11) is 4.38. The molecule has 2 heterocycles. The first-order valence-corrected chi connectivity index (χ1v) is 8.07. The first-order valence-electron chi connectivity index (χ1n) is 8.07. The molecule has 0 radical (unpaired) electrons. The highest BCUT2D eigenvalue weighted by atomic mass is 15.2. The van der Waals surface area contributed by atoms with Crippen LogP contribution in [0.2, 0.25) is 0 Å². The van der Waals surface area contributed by atoms with Crippen LogP contribution in [0.3, 0.4) is 0 Å². The summed E-state index contributed by atoms with van der Waals surface area (Å²) in [6, 6.07) is 3.47. The molecule has 0 unspecified atom stereocenters. The first kappa shape index (κ1) is 16.2. The van der Waals surface area contributed by atoms with Gasteiger partial charge in [-0.1, -0.05) is 13.8 Å². The van der Waals surface area contributed by atoms with Crippen molar-refractivity contribution in [2.24, 2.45) is 0 Å². The molecule has 1 fully saturated rings. The van der Waals surface area contributed by atoms with Crippen LogP contribution >= 0.6 is 0 Å². The molecule has 0 saturated carbocycles. The number of rotatable bonds is 5. The molecule has 0 amide bonds. The summed E-state index contributed by atoms with van der Waals surface area (Å²) in [4.78, 5) is 9.37. The molecular formula is C17H30N4. The first-order chi connectivity index (χ1) is 9.97. The summed E-state index contributed by atoms with van der Waals surface area (Å²) in [6.45, 7) is 9.62. The van der Waals surface area contributed by atoms with Crippen LogP contribution in [0.1, 0.15) is 37.9 Å². The van der Waals surface area contributed by atoms with Crippen molar-refractivity contribution in [1.29, 1.82) is 0 Å². The van der Waals surface area contributed by atoms with Gasteiger partial charge in [0.1, 0.15) is 0 Å². The van der Waals surface area contributed by atoms with E-state index in [0.29, 0.717) is 6.04 Å². The Labute approximate surface area is 129 Å². The number of aromatic nitrogens is 1. The molecule has 4 heteroatoms. The fraction of sp³-hybridized carbons (Fsp3) is 0.706. The lowest BCUT2D eigenvalue weighted by Crippen LogP contribution is -2.42. The smallest absolute Gasteiger partial charge is 0.0445 e. The topological polar surface area (TPSA) is 31.4 Å². The van der Waals surface area contributed by atoms with Crippen LogP contribution < -0.4 is 10.2 Å². The summed E-state index contributed by atoms with van der Waals surface area (Å²) in [5.74, 6) is 0. The van der Waals surface area contributed by atoms with Crippen molar-refractivity contribution in [3.05, 3.63) is 23.5 Å². The van der Waals surface area contributed by atoms with Crippen molar-refractivity contribution in [2.75, 3.05) is 32.1 Å². The Morgan fingerprint density at radius 2 is 2.00 bits per heavy atom. The third-order valence-corrected chi connectivity index (χ3v) is 4.33. The fourth-order valence-electron chi connectivity index (χ4n) is 2.94. The van der Waals surface area contributed by atoms with Gasteiger partial charge in [0.25, 0.3) is 0 Å². The van der Waals surface area contributed by atoms with Gasteiger partial charge in [-0.3, -0.25) is 4.98 Å². The highest BCUT2D eigenvalue weighted by Gasteiger charge is 2.22. The lowest BCUT2D eigenvalue weighted by molar-refractivity contribution is 0.249. The SMILES string of the molecule is Cc1cc(N2CCC(N(C)C)CC2)c(CNC(C)C)cn1. The van der Waals surface area contributed by atoms with Gasteiger partial charge in [0.05, 0.1) is 0 Å². The third-order valence-electron chi connectivity index (χ3n) is 4.33. The Morgan fingerprint density at radius 3 is 2.57 bits per heavy atom. The molecule has 1 aromatic heterocycles. The molecule has 1 saturated heterocycles. The second kappa shape index (κ2) is 7.23. The maximum Gasteiger partial charge on any atom is 0.0445 e. The van der Waals surface area contributed by atoms with E-state index in [-0.39, 0.29) is 0 Å². The molecule has 1 aliphatic rings. The van der Waals surface area contributed by atoms with Gasteiger partial charge in [0.15, 0.2) is 0 Å². The van der Waals surface area contributed by atoms with Crippen LogP contribution in [0.5, 0.6) is 0 Å². The Hall–Kier alpha value is -1.13. The predicted octanol–water partition coefficient (Wildman–Crippen LogP) is 2.42. The molecule has 0 aliphatic carbocycles. The fourth-order valence-corrected chi connectivity index (χ4v) is 2.94. The molecule has 1 N–H and O–H groups in total. The number of pyridine rings is 1. The van der Waals surface area contributed by atoms with E-state index in [4.69, 9.17) is 0 Å². The summed E-state index contributed by atoms with van der Waals surface area (Å²) >= 11 is 0. The molecule has 4 nitrogen and oxygen atoms in total. The average Bonchev–Trinajstić information content (AvgIpc) is 2.46. The zero-order valence-electron chi connectivity index (χ0n) is 14.2. The van der Waals surface area contributed by atoms with E-state index < -0.39 is 0 Å². The summed E-state index contributed by atoms with van der Waals surface area (Å²) < 4.78 is 0. The summed E-state index contributed by atoms with van der Waals surface area (Å²) in [6.07, 6.45) is 4.52. The van der Waals surface area contributed by atoms with Crippen LogP contribution in [-0.2, 0) is 6.54 Å². The highest BCUT2D eigenvalue weighted by molar-refractivity contribution is 5.54. The summed E-state index contributed by atoms with van der Waals surface area (Å²) in [5, 5.41) is 3.51. The van der Waals surface area contributed by atoms with Gasteiger partial charge < -0.3 is 15.1 Å². The van der Waals surface area contributed by atoms with E-state index in [0.717, 1.165) is 31.4 Å². The van der Waals surface area contributed by atoms with Gasteiger partial charge in [-0.15, -0.1) is 0 Å².